The third-order valence-electron chi connectivity index (χ3n) is 3.45. The van der Waals surface area contributed by atoms with Crippen molar-refractivity contribution in [2.24, 2.45) is 0 Å². The zero-order valence-electron chi connectivity index (χ0n) is 11.0. The van der Waals surface area contributed by atoms with E-state index in [2.05, 4.69) is 5.32 Å². The van der Waals surface area contributed by atoms with Crippen molar-refractivity contribution < 1.29 is 18.4 Å². The summed E-state index contributed by atoms with van der Waals surface area (Å²) in [7, 11) is 0. The minimum absolute atomic E-state index is 0.130. The summed E-state index contributed by atoms with van der Waals surface area (Å²) in [6.45, 7) is 0. The summed E-state index contributed by atoms with van der Waals surface area (Å²) in [5.41, 5.74) is 1.50. The highest BCUT2D eigenvalue weighted by Crippen LogP contribution is 2.25. The number of anilines is 1. The quantitative estimate of drug-likeness (QED) is 0.882. The van der Waals surface area contributed by atoms with E-state index >= 15 is 0 Å². The second-order valence-corrected chi connectivity index (χ2v) is 4.90. The molecule has 0 unspecified atom stereocenters. The Labute approximate surface area is 119 Å². The Morgan fingerprint density at radius 3 is 2.57 bits per heavy atom. The van der Waals surface area contributed by atoms with Crippen molar-refractivity contribution in [3.8, 4) is 0 Å². The summed E-state index contributed by atoms with van der Waals surface area (Å²) in [5.74, 6) is -1.99. The Morgan fingerprint density at radius 1 is 1.14 bits per heavy atom. The topological polar surface area (TPSA) is 46.2 Å². The molecule has 106 valence electrons. The van der Waals surface area contributed by atoms with E-state index in [0.29, 0.717) is 11.3 Å². The van der Waals surface area contributed by atoms with Gasteiger partial charge in [-0.05, 0) is 35.9 Å². The molecule has 1 aliphatic heterocycles. The van der Waals surface area contributed by atoms with E-state index in [0.717, 1.165) is 17.7 Å². The van der Waals surface area contributed by atoms with E-state index in [4.69, 9.17) is 0 Å². The number of benzene rings is 2. The zero-order chi connectivity index (χ0) is 15.0. The van der Waals surface area contributed by atoms with Crippen LogP contribution in [0.2, 0.25) is 0 Å². The number of amides is 1. The molecule has 0 aromatic heterocycles. The summed E-state index contributed by atoms with van der Waals surface area (Å²) in [5, 5.41) is 2.66. The van der Waals surface area contributed by atoms with Gasteiger partial charge in [0.05, 0.1) is 6.42 Å². The van der Waals surface area contributed by atoms with Gasteiger partial charge in [0.15, 0.2) is 5.78 Å². The Morgan fingerprint density at radius 2 is 1.86 bits per heavy atom. The predicted octanol–water partition coefficient (Wildman–Crippen LogP) is 2.88. The molecular weight excluding hydrogens is 276 g/mol. The molecule has 1 amide bonds. The largest absolute Gasteiger partial charge is 0.326 e. The number of halogens is 2. The van der Waals surface area contributed by atoms with E-state index in [1.54, 1.807) is 18.2 Å². The summed E-state index contributed by atoms with van der Waals surface area (Å²) < 4.78 is 27.1. The van der Waals surface area contributed by atoms with Gasteiger partial charge in [-0.25, -0.2) is 8.78 Å². The van der Waals surface area contributed by atoms with Crippen LogP contribution in [0.3, 0.4) is 0 Å². The lowest BCUT2D eigenvalue weighted by Gasteiger charge is -2.06. The molecule has 0 bridgehead atoms. The lowest BCUT2D eigenvalue weighted by atomic mass is 9.99. The fourth-order valence-electron chi connectivity index (χ4n) is 2.37. The average Bonchev–Trinajstić information content (AvgIpc) is 2.81. The molecular formula is C16H11F2NO2. The van der Waals surface area contributed by atoms with Gasteiger partial charge in [0, 0.05) is 23.2 Å². The fourth-order valence-corrected chi connectivity index (χ4v) is 2.37. The first-order valence-corrected chi connectivity index (χ1v) is 6.43. The lowest BCUT2D eigenvalue weighted by molar-refractivity contribution is -0.115. The van der Waals surface area contributed by atoms with Gasteiger partial charge in [-0.3, -0.25) is 9.59 Å². The molecule has 1 aliphatic rings. The van der Waals surface area contributed by atoms with Crippen LogP contribution in [-0.4, -0.2) is 11.7 Å². The molecule has 0 atom stereocenters. The standard InChI is InChI=1S/C16H11F2NO2/c17-12-2-1-3-13(18)11(12)8-15(20)9-4-5-14-10(6-9)7-16(21)19-14/h1-6H,7-8H2,(H,19,21). The molecule has 0 saturated carbocycles. The molecule has 5 heteroatoms. The number of ketones is 1. The van der Waals surface area contributed by atoms with Crippen molar-refractivity contribution in [2.75, 3.05) is 5.32 Å². The minimum Gasteiger partial charge on any atom is -0.326 e. The highest BCUT2D eigenvalue weighted by atomic mass is 19.1. The Hall–Kier alpha value is -2.56. The summed E-state index contributed by atoms with van der Waals surface area (Å²) >= 11 is 0. The van der Waals surface area contributed by atoms with Gasteiger partial charge in [0.1, 0.15) is 11.6 Å². The number of Topliss-reactive ketones (excluding diaryl/α,β-unsaturated/α-hetero) is 1. The Balaban J connectivity index is 1.87. The summed E-state index contributed by atoms with van der Waals surface area (Å²) in [4.78, 5) is 23.4. The number of carbonyl (C=O) groups is 2. The molecule has 0 aliphatic carbocycles. The Kier molecular flexibility index (Phi) is 3.25. The molecule has 2 aromatic rings. The summed E-state index contributed by atoms with van der Waals surface area (Å²) in [6.07, 6.45) is -0.136. The van der Waals surface area contributed by atoms with Crippen LogP contribution in [0.5, 0.6) is 0 Å². The van der Waals surface area contributed by atoms with Gasteiger partial charge in [0.2, 0.25) is 5.91 Å². The number of hydrogen-bond acceptors (Lipinski definition) is 2. The van der Waals surface area contributed by atoms with Crippen molar-refractivity contribution in [3.05, 3.63) is 64.7 Å². The minimum atomic E-state index is -0.735. The van der Waals surface area contributed by atoms with Crippen LogP contribution in [-0.2, 0) is 17.6 Å². The number of fused-ring (bicyclic) bond motifs is 1. The average molecular weight is 287 g/mol. The van der Waals surface area contributed by atoms with E-state index in [1.165, 1.54) is 6.07 Å². The van der Waals surface area contributed by atoms with Crippen LogP contribution < -0.4 is 5.32 Å². The van der Waals surface area contributed by atoms with Gasteiger partial charge >= 0.3 is 0 Å². The molecule has 3 rings (SSSR count). The van der Waals surface area contributed by atoms with Gasteiger partial charge in [-0.2, -0.15) is 0 Å². The molecule has 2 aromatic carbocycles. The van der Waals surface area contributed by atoms with Crippen LogP contribution in [0.1, 0.15) is 21.5 Å². The van der Waals surface area contributed by atoms with Crippen molar-refractivity contribution in [1.82, 2.24) is 0 Å². The normalized spacial score (nSPS) is 13.0. The number of carbonyl (C=O) groups excluding carboxylic acids is 2. The maximum absolute atomic E-state index is 13.6. The Bertz CT molecular complexity index is 736. The van der Waals surface area contributed by atoms with Gasteiger partial charge in [0.25, 0.3) is 0 Å². The van der Waals surface area contributed by atoms with Crippen molar-refractivity contribution >= 4 is 17.4 Å². The molecule has 1 N–H and O–H groups in total. The van der Waals surface area contributed by atoms with Gasteiger partial charge in [-0.1, -0.05) is 6.07 Å². The van der Waals surface area contributed by atoms with E-state index in [9.17, 15) is 18.4 Å². The maximum atomic E-state index is 13.6. The second-order valence-electron chi connectivity index (χ2n) is 4.90. The molecule has 1 heterocycles. The fraction of sp³-hybridized carbons (Fsp3) is 0.125. The molecule has 21 heavy (non-hydrogen) atoms. The van der Waals surface area contributed by atoms with Crippen LogP contribution in [0.4, 0.5) is 14.5 Å². The van der Waals surface area contributed by atoms with Crippen LogP contribution in [0.15, 0.2) is 36.4 Å². The predicted molar refractivity (Wildman–Crippen MR) is 73.2 cm³/mol. The first kappa shape index (κ1) is 13.4. The lowest BCUT2D eigenvalue weighted by Crippen LogP contribution is -2.07. The van der Waals surface area contributed by atoms with Crippen LogP contribution in [0, 0.1) is 11.6 Å². The molecule has 0 spiro atoms. The molecule has 0 saturated heterocycles. The highest BCUT2D eigenvalue weighted by molar-refractivity contribution is 6.02. The van der Waals surface area contributed by atoms with Crippen molar-refractivity contribution in [1.29, 1.82) is 0 Å². The maximum Gasteiger partial charge on any atom is 0.228 e. The highest BCUT2D eigenvalue weighted by Gasteiger charge is 2.20. The van der Waals surface area contributed by atoms with Crippen LogP contribution in [0.25, 0.3) is 0 Å². The molecule has 0 fully saturated rings. The van der Waals surface area contributed by atoms with Crippen molar-refractivity contribution in [2.45, 2.75) is 12.8 Å². The van der Waals surface area contributed by atoms with Gasteiger partial charge in [-0.15, -0.1) is 0 Å². The number of rotatable bonds is 3. The van der Waals surface area contributed by atoms with Crippen LogP contribution >= 0.6 is 0 Å². The van der Waals surface area contributed by atoms with E-state index in [1.807, 2.05) is 0 Å². The zero-order valence-corrected chi connectivity index (χ0v) is 11.0. The smallest absolute Gasteiger partial charge is 0.228 e. The first-order chi connectivity index (χ1) is 10.0. The monoisotopic (exact) mass is 287 g/mol. The third-order valence-corrected chi connectivity index (χ3v) is 3.45. The molecule has 0 radical (unpaired) electrons. The van der Waals surface area contributed by atoms with Crippen molar-refractivity contribution in [3.63, 3.8) is 0 Å². The second kappa shape index (κ2) is 5.09. The first-order valence-electron chi connectivity index (χ1n) is 6.43. The third kappa shape index (κ3) is 2.54. The number of hydrogen-bond donors (Lipinski definition) is 1. The molecule has 3 nitrogen and oxygen atoms in total. The van der Waals surface area contributed by atoms with E-state index in [-0.39, 0.29) is 30.1 Å². The summed E-state index contributed by atoms with van der Waals surface area (Å²) in [6, 6.07) is 8.27. The SMILES string of the molecule is O=C1Cc2cc(C(=O)Cc3c(F)cccc3F)ccc2N1. The van der Waals surface area contributed by atoms with E-state index < -0.39 is 11.6 Å². The van der Waals surface area contributed by atoms with Gasteiger partial charge < -0.3 is 5.32 Å². The number of nitrogens with one attached hydrogen (secondary N) is 1.